The summed E-state index contributed by atoms with van der Waals surface area (Å²) in [5.74, 6) is -0.0338. The summed E-state index contributed by atoms with van der Waals surface area (Å²) in [6, 6.07) is 4.77. The number of diazo groups is 1. The first-order valence-electron chi connectivity index (χ1n) is 4.83. The minimum absolute atomic E-state index is 0.111. The molecule has 1 aromatic carbocycles. The second kappa shape index (κ2) is 5.12. The van der Waals surface area contributed by atoms with Crippen LogP contribution in [0.25, 0.3) is 4.98 Å². The van der Waals surface area contributed by atoms with Gasteiger partial charge in [0, 0.05) is 0 Å². The van der Waals surface area contributed by atoms with Crippen LogP contribution < -0.4 is 0 Å². The van der Waals surface area contributed by atoms with Gasteiger partial charge in [0.2, 0.25) is 11.2 Å². The van der Waals surface area contributed by atoms with Gasteiger partial charge >= 0.3 is 12.9 Å². The van der Waals surface area contributed by atoms with Gasteiger partial charge in [0.15, 0.2) is 4.98 Å². The molecular formula is C9H8BF5N2. The highest BCUT2D eigenvalue weighted by Gasteiger charge is 2.33. The maximum Gasteiger partial charge on any atom is 0.673 e. The maximum atomic E-state index is 13.0. The molecule has 0 bridgehead atoms. The zero-order valence-corrected chi connectivity index (χ0v) is 8.59. The van der Waals surface area contributed by atoms with E-state index in [4.69, 9.17) is 5.39 Å². The quantitative estimate of drug-likeness (QED) is 0.410. The zero-order chi connectivity index (χ0) is 13.1. The Balaban J connectivity index is 0.000000249. The van der Waals surface area contributed by atoms with Gasteiger partial charge in [0.05, 0.1) is 5.56 Å². The van der Waals surface area contributed by atoms with E-state index in [1.807, 2.05) is 6.07 Å². The summed E-state index contributed by atoms with van der Waals surface area (Å²) in [7, 11) is -6.00. The van der Waals surface area contributed by atoms with Gasteiger partial charge in [-0.1, -0.05) is 12.1 Å². The molecule has 0 radical (unpaired) electrons. The van der Waals surface area contributed by atoms with Crippen LogP contribution in [0.5, 0.6) is 0 Å². The van der Waals surface area contributed by atoms with Gasteiger partial charge < -0.3 is 17.3 Å². The van der Waals surface area contributed by atoms with Gasteiger partial charge in [-0.2, -0.15) is 4.39 Å². The number of halogens is 5. The smallest absolute Gasteiger partial charge is 0.418 e. The molecule has 0 spiro atoms. The Labute approximate surface area is 94.2 Å². The van der Waals surface area contributed by atoms with Gasteiger partial charge in [0.1, 0.15) is 0 Å². The topological polar surface area (TPSA) is 28.1 Å². The third-order valence-corrected chi connectivity index (χ3v) is 2.14. The third kappa shape index (κ3) is 4.80. The second-order valence-electron chi connectivity index (χ2n) is 3.55. The monoisotopic (exact) mass is 250 g/mol. The molecule has 0 heterocycles. The molecule has 92 valence electrons. The number of benzene rings is 1. The van der Waals surface area contributed by atoms with E-state index in [1.54, 1.807) is 6.07 Å². The zero-order valence-electron chi connectivity index (χ0n) is 8.59. The lowest BCUT2D eigenvalue weighted by Gasteiger charge is -1.94. The molecule has 2 nitrogen and oxygen atoms in total. The Kier molecular flexibility index (Phi) is 4.04. The highest BCUT2D eigenvalue weighted by molar-refractivity contribution is 6.50. The maximum absolute atomic E-state index is 13.0. The molecule has 8 heteroatoms. The number of nitrogens with zero attached hydrogens (tertiary/aromatic N) is 2. The van der Waals surface area contributed by atoms with Crippen LogP contribution in [0.3, 0.4) is 0 Å². The van der Waals surface area contributed by atoms with E-state index in [9.17, 15) is 21.7 Å². The molecule has 1 fully saturated rings. The van der Waals surface area contributed by atoms with Crippen molar-refractivity contribution in [2.24, 2.45) is 0 Å². The van der Waals surface area contributed by atoms with Gasteiger partial charge in [0.25, 0.3) is 0 Å². The summed E-state index contributed by atoms with van der Waals surface area (Å²) in [4.78, 5) is 2.96. The van der Waals surface area contributed by atoms with E-state index in [2.05, 4.69) is 4.98 Å². The summed E-state index contributed by atoms with van der Waals surface area (Å²) in [5, 5.41) is 8.56. The number of hydrogen-bond donors (Lipinski definition) is 0. The number of hydrogen-bond acceptors (Lipinski definition) is 1. The van der Waals surface area contributed by atoms with Crippen LogP contribution in [0.15, 0.2) is 18.2 Å². The average molecular weight is 250 g/mol. The fourth-order valence-corrected chi connectivity index (χ4v) is 1.36. The molecule has 0 aliphatic heterocycles. The Morgan fingerprint density at radius 2 is 1.71 bits per heavy atom. The van der Waals surface area contributed by atoms with E-state index in [0.29, 0.717) is 5.92 Å². The molecule has 0 unspecified atom stereocenters. The first-order valence-corrected chi connectivity index (χ1v) is 4.83. The van der Waals surface area contributed by atoms with Crippen LogP contribution >= 0.6 is 0 Å². The Morgan fingerprint density at radius 3 is 2.12 bits per heavy atom. The molecule has 1 aliphatic carbocycles. The standard InChI is InChI=1S/C9H8FN2.BF4/c10-8-3-1-2-7(6-4-5-6)9(8)12-11;2-1(3,4)5/h1-3,6H,4-5H2;/q+1;-1. The van der Waals surface area contributed by atoms with Crippen molar-refractivity contribution in [1.82, 2.24) is 0 Å². The SMILES string of the molecule is F[B-](F)(F)F.N#[N+]c1c(F)cccc1C1CC1. The van der Waals surface area contributed by atoms with Crippen LogP contribution in [0.4, 0.5) is 27.3 Å². The number of rotatable bonds is 1. The van der Waals surface area contributed by atoms with Gasteiger partial charge in [-0.15, -0.1) is 0 Å². The summed E-state index contributed by atoms with van der Waals surface area (Å²) in [6.45, 7) is 0. The molecule has 1 aromatic rings. The van der Waals surface area contributed by atoms with E-state index >= 15 is 0 Å². The fraction of sp³-hybridized carbons (Fsp3) is 0.333. The normalized spacial score (nSPS) is 14.6. The molecular weight excluding hydrogens is 242 g/mol. The van der Waals surface area contributed by atoms with Crippen molar-refractivity contribution in [1.29, 1.82) is 5.39 Å². The van der Waals surface area contributed by atoms with E-state index < -0.39 is 13.1 Å². The highest BCUT2D eigenvalue weighted by Crippen LogP contribution is 2.44. The predicted molar refractivity (Wildman–Crippen MR) is 53.3 cm³/mol. The molecule has 0 aromatic heterocycles. The predicted octanol–water partition coefficient (Wildman–Crippen LogP) is 4.49. The second-order valence-corrected chi connectivity index (χ2v) is 3.55. The lowest BCUT2D eigenvalue weighted by molar-refractivity contribution is 0.368. The van der Waals surface area contributed by atoms with Crippen molar-refractivity contribution >= 4 is 12.9 Å². The molecule has 0 N–H and O–H groups in total. The molecule has 0 saturated heterocycles. The molecule has 1 saturated carbocycles. The van der Waals surface area contributed by atoms with Crippen LogP contribution in [-0.4, -0.2) is 7.25 Å². The fourth-order valence-electron chi connectivity index (χ4n) is 1.36. The lowest BCUT2D eigenvalue weighted by atomic mass is 10.1. The Hall–Kier alpha value is -1.65. The summed E-state index contributed by atoms with van der Waals surface area (Å²) < 4.78 is 52.0. The van der Waals surface area contributed by atoms with Crippen molar-refractivity contribution < 1.29 is 21.7 Å². The third-order valence-electron chi connectivity index (χ3n) is 2.14. The first-order chi connectivity index (χ1) is 7.83. The minimum atomic E-state index is -6.00. The van der Waals surface area contributed by atoms with Gasteiger partial charge in [-0.05, 0) is 24.8 Å². The molecule has 2 rings (SSSR count). The van der Waals surface area contributed by atoms with Crippen LogP contribution in [0.2, 0.25) is 0 Å². The van der Waals surface area contributed by atoms with E-state index in [0.717, 1.165) is 18.4 Å². The largest absolute Gasteiger partial charge is 0.673 e. The molecule has 1 aliphatic rings. The average Bonchev–Trinajstić information content (AvgIpc) is 2.97. The molecule has 0 atom stereocenters. The van der Waals surface area contributed by atoms with Crippen molar-refractivity contribution in [3.8, 4) is 0 Å². The first kappa shape index (κ1) is 13.4. The van der Waals surface area contributed by atoms with Crippen molar-refractivity contribution in [2.45, 2.75) is 18.8 Å². The summed E-state index contributed by atoms with van der Waals surface area (Å²) in [6.07, 6.45) is 2.15. The Bertz CT molecular complexity index is 430. The lowest BCUT2D eigenvalue weighted by Crippen LogP contribution is -2.02. The minimum Gasteiger partial charge on any atom is -0.418 e. The van der Waals surface area contributed by atoms with E-state index in [1.165, 1.54) is 6.07 Å². The van der Waals surface area contributed by atoms with E-state index in [-0.39, 0.29) is 5.69 Å². The van der Waals surface area contributed by atoms with Crippen LogP contribution in [-0.2, 0) is 0 Å². The summed E-state index contributed by atoms with van der Waals surface area (Å²) >= 11 is 0. The van der Waals surface area contributed by atoms with Crippen LogP contribution in [0, 0.1) is 11.2 Å². The molecule has 17 heavy (non-hydrogen) atoms. The van der Waals surface area contributed by atoms with Gasteiger partial charge in [-0.25, -0.2) is 0 Å². The van der Waals surface area contributed by atoms with Crippen molar-refractivity contribution in [2.75, 3.05) is 0 Å². The van der Waals surface area contributed by atoms with Gasteiger partial charge in [-0.3, -0.25) is 0 Å². The highest BCUT2D eigenvalue weighted by atomic mass is 19.5. The van der Waals surface area contributed by atoms with Crippen LogP contribution in [0.1, 0.15) is 24.3 Å². The van der Waals surface area contributed by atoms with Crippen molar-refractivity contribution in [3.63, 3.8) is 0 Å². The summed E-state index contributed by atoms with van der Waals surface area (Å²) in [5.41, 5.74) is 0.942. The van der Waals surface area contributed by atoms with Crippen molar-refractivity contribution in [3.05, 3.63) is 34.6 Å². The Morgan fingerprint density at radius 1 is 1.18 bits per heavy atom. The molecule has 0 amide bonds.